The minimum atomic E-state index is -1.03. The van der Waals surface area contributed by atoms with E-state index < -0.39 is 5.60 Å². The van der Waals surface area contributed by atoms with Gasteiger partial charge in [-0.2, -0.15) is 4.98 Å². The summed E-state index contributed by atoms with van der Waals surface area (Å²) in [6, 6.07) is 7.58. The molecular weight excluding hydrogens is 298 g/mol. The van der Waals surface area contributed by atoms with Crippen LogP contribution in [0.15, 0.2) is 33.7 Å². The van der Waals surface area contributed by atoms with E-state index in [2.05, 4.69) is 10.1 Å². The molecular formula is C13H16ClN3O2S. The highest BCUT2D eigenvalue weighted by Crippen LogP contribution is 2.28. The van der Waals surface area contributed by atoms with E-state index in [0.29, 0.717) is 22.5 Å². The van der Waals surface area contributed by atoms with Gasteiger partial charge in [0.2, 0.25) is 5.89 Å². The predicted molar refractivity (Wildman–Crippen MR) is 78.7 cm³/mol. The van der Waals surface area contributed by atoms with Crippen LogP contribution >= 0.6 is 23.4 Å². The Hall–Kier alpha value is -1.08. The molecule has 1 atom stereocenters. The minimum absolute atomic E-state index is 0.138. The van der Waals surface area contributed by atoms with Gasteiger partial charge in [0.25, 0.3) is 0 Å². The molecule has 3 N–H and O–H groups in total. The first-order valence-corrected chi connectivity index (χ1v) is 7.48. The zero-order chi connectivity index (χ0) is 14.6. The van der Waals surface area contributed by atoms with Crippen molar-refractivity contribution in [2.75, 3.05) is 6.54 Å². The third-order valence-electron chi connectivity index (χ3n) is 2.68. The van der Waals surface area contributed by atoms with E-state index in [0.717, 1.165) is 4.90 Å². The molecule has 1 heterocycles. The standard InChI is InChI=1S/C13H16ClN3O2S/c1-13(18,8-15)6-12-16-11(17-19-12)7-20-10-5-3-2-4-9(10)14/h2-5,18H,6-8,15H2,1H3. The summed E-state index contributed by atoms with van der Waals surface area (Å²) in [5.74, 6) is 1.51. The number of benzene rings is 1. The molecule has 1 aromatic carbocycles. The maximum atomic E-state index is 9.85. The summed E-state index contributed by atoms with van der Waals surface area (Å²) in [5, 5.41) is 14.4. The minimum Gasteiger partial charge on any atom is -0.388 e. The van der Waals surface area contributed by atoms with Gasteiger partial charge in [-0.05, 0) is 19.1 Å². The lowest BCUT2D eigenvalue weighted by atomic mass is 10.0. The van der Waals surface area contributed by atoms with Gasteiger partial charge in [0.05, 0.1) is 22.8 Å². The first-order valence-electron chi connectivity index (χ1n) is 6.11. The second kappa shape index (κ2) is 6.58. The normalized spacial score (nSPS) is 14.2. The summed E-state index contributed by atoms with van der Waals surface area (Å²) in [6.07, 6.45) is 0.243. The fourth-order valence-corrected chi connectivity index (χ4v) is 2.60. The monoisotopic (exact) mass is 313 g/mol. The Balaban J connectivity index is 1.95. The second-order valence-corrected chi connectivity index (χ2v) is 6.13. The Morgan fingerprint density at radius 1 is 1.45 bits per heavy atom. The average molecular weight is 314 g/mol. The van der Waals surface area contributed by atoms with Crippen molar-refractivity contribution in [3.63, 3.8) is 0 Å². The van der Waals surface area contributed by atoms with Gasteiger partial charge in [0, 0.05) is 11.4 Å². The molecule has 2 aromatic rings. The molecule has 0 saturated carbocycles. The van der Waals surface area contributed by atoms with E-state index in [4.69, 9.17) is 21.9 Å². The summed E-state index contributed by atoms with van der Waals surface area (Å²) in [6.45, 7) is 1.77. The van der Waals surface area contributed by atoms with Crippen LogP contribution in [-0.2, 0) is 12.2 Å². The van der Waals surface area contributed by atoms with Gasteiger partial charge in [-0.25, -0.2) is 0 Å². The van der Waals surface area contributed by atoms with Crippen molar-refractivity contribution in [3.8, 4) is 0 Å². The van der Waals surface area contributed by atoms with Crippen LogP contribution in [0.2, 0.25) is 5.02 Å². The summed E-state index contributed by atoms with van der Waals surface area (Å²) in [4.78, 5) is 5.20. The number of hydrogen-bond acceptors (Lipinski definition) is 6. The van der Waals surface area contributed by atoms with Crippen molar-refractivity contribution in [2.45, 2.75) is 29.6 Å². The summed E-state index contributed by atoms with van der Waals surface area (Å²) in [5.41, 5.74) is 4.43. The smallest absolute Gasteiger partial charge is 0.229 e. The van der Waals surface area contributed by atoms with Crippen LogP contribution in [0.1, 0.15) is 18.6 Å². The van der Waals surface area contributed by atoms with Gasteiger partial charge in [-0.1, -0.05) is 28.9 Å². The van der Waals surface area contributed by atoms with E-state index in [1.165, 1.54) is 11.8 Å². The van der Waals surface area contributed by atoms with Crippen molar-refractivity contribution in [2.24, 2.45) is 5.73 Å². The van der Waals surface area contributed by atoms with Gasteiger partial charge < -0.3 is 15.4 Å². The molecule has 0 amide bonds. The van der Waals surface area contributed by atoms with Crippen molar-refractivity contribution in [1.29, 1.82) is 0 Å². The van der Waals surface area contributed by atoms with Crippen LogP contribution in [0.3, 0.4) is 0 Å². The Labute approximate surface area is 126 Å². The first-order chi connectivity index (χ1) is 9.50. The highest BCUT2D eigenvalue weighted by Gasteiger charge is 2.22. The molecule has 0 aliphatic rings. The highest BCUT2D eigenvalue weighted by atomic mass is 35.5. The molecule has 0 saturated heterocycles. The molecule has 0 spiro atoms. The number of aromatic nitrogens is 2. The van der Waals surface area contributed by atoms with Gasteiger partial charge in [-0.15, -0.1) is 11.8 Å². The van der Waals surface area contributed by atoms with Crippen LogP contribution in [-0.4, -0.2) is 27.4 Å². The molecule has 20 heavy (non-hydrogen) atoms. The number of halogens is 1. The SMILES string of the molecule is CC(O)(CN)Cc1nc(CSc2ccccc2Cl)no1. The van der Waals surface area contributed by atoms with Gasteiger partial charge in [-0.3, -0.25) is 0 Å². The molecule has 108 valence electrons. The largest absolute Gasteiger partial charge is 0.388 e. The van der Waals surface area contributed by atoms with Gasteiger partial charge in [0.15, 0.2) is 5.82 Å². The summed E-state index contributed by atoms with van der Waals surface area (Å²) < 4.78 is 5.10. The second-order valence-electron chi connectivity index (χ2n) is 4.70. The molecule has 0 aliphatic carbocycles. The summed E-state index contributed by atoms with van der Waals surface area (Å²) >= 11 is 7.60. The van der Waals surface area contributed by atoms with Crippen LogP contribution in [0.5, 0.6) is 0 Å². The predicted octanol–water partition coefficient (Wildman–Crippen LogP) is 2.27. The molecule has 0 aliphatic heterocycles. The van der Waals surface area contributed by atoms with E-state index in [-0.39, 0.29) is 13.0 Å². The molecule has 1 aromatic heterocycles. The number of rotatable bonds is 6. The van der Waals surface area contributed by atoms with E-state index in [1.807, 2.05) is 24.3 Å². The Morgan fingerprint density at radius 3 is 2.90 bits per heavy atom. The van der Waals surface area contributed by atoms with Crippen LogP contribution in [0, 0.1) is 0 Å². The van der Waals surface area contributed by atoms with Crippen molar-refractivity contribution in [3.05, 3.63) is 41.0 Å². The van der Waals surface area contributed by atoms with Gasteiger partial charge in [0.1, 0.15) is 0 Å². The quantitative estimate of drug-likeness (QED) is 0.796. The topological polar surface area (TPSA) is 85.2 Å². The van der Waals surface area contributed by atoms with Crippen molar-refractivity contribution < 1.29 is 9.63 Å². The maximum Gasteiger partial charge on any atom is 0.229 e. The summed E-state index contributed by atoms with van der Waals surface area (Å²) in [7, 11) is 0. The third kappa shape index (κ3) is 4.21. The Bertz CT molecular complexity index is 574. The van der Waals surface area contributed by atoms with Crippen molar-refractivity contribution in [1.82, 2.24) is 10.1 Å². The first kappa shape index (κ1) is 15.3. The molecule has 7 heteroatoms. The van der Waals surface area contributed by atoms with Crippen LogP contribution in [0.4, 0.5) is 0 Å². The maximum absolute atomic E-state index is 9.85. The molecule has 2 rings (SSSR count). The molecule has 5 nitrogen and oxygen atoms in total. The molecule has 0 bridgehead atoms. The zero-order valence-corrected chi connectivity index (χ0v) is 12.6. The van der Waals surface area contributed by atoms with Crippen molar-refractivity contribution >= 4 is 23.4 Å². The van der Waals surface area contributed by atoms with E-state index >= 15 is 0 Å². The number of nitrogens with two attached hydrogens (primary N) is 1. The van der Waals surface area contributed by atoms with E-state index in [1.54, 1.807) is 6.92 Å². The fourth-order valence-electron chi connectivity index (χ4n) is 1.52. The lowest BCUT2D eigenvalue weighted by Gasteiger charge is -2.17. The number of thioether (sulfide) groups is 1. The van der Waals surface area contributed by atoms with Crippen LogP contribution in [0.25, 0.3) is 0 Å². The molecule has 0 fully saturated rings. The van der Waals surface area contributed by atoms with Gasteiger partial charge >= 0.3 is 0 Å². The lowest BCUT2D eigenvalue weighted by molar-refractivity contribution is 0.0610. The number of nitrogens with zero attached hydrogens (tertiary/aromatic N) is 2. The molecule has 1 unspecified atom stereocenters. The highest BCUT2D eigenvalue weighted by molar-refractivity contribution is 7.98. The fraction of sp³-hybridized carbons (Fsp3) is 0.385. The van der Waals surface area contributed by atoms with Crippen LogP contribution < -0.4 is 5.73 Å². The molecule has 0 radical (unpaired) electrons. The Kier molecular flexibility index (Phi) is 5.04. The lowest BCUT2D eigenvalue weighted by Crippen LogP contribution is -2.36. The zero-order valence-electron chi connectivity index (χ0n) is 11.0. The van der Waals surface area contributed by atoms with E-state index in [9.17, 15) is 5.11 Å². The average Bonchev–Trinajstić information content (AvgIpc) is 2.85. The number of hydrogen-bond donors (Lipinski definition) is 2. The number of aliphatic hydroxyl groups is 1. The Morgan fingerprint density at radius 2 is 2.20 bits per heavy atom. The third-order valence-corrected chi connectivity index (χ3v) is 4.19.